The summed E-state index contributed by atoms with van der Waals surface area (Å²) in [6.07, 6.45) is 5.66. The van der Waals surface area contributed by atoms with Gasteiger partial charge in [-0.3, -0.25) is 4.68 Å². The fraction of sp³-hybridized carbons (Fsp3) is 0.684. The van der Waals surface area contributed by atoms with Gasteiger partial charge in [-0.2, -0.15) is 5.10 Å². The maximum atomic E-state index is 12.4. The summed E-state index contributed by atoms with van der Waals surface area (Å²) < 4.78 is 13.2. The topological polar surface area (TPSA) is 56.6 Å². The normalized spacial score (nSPS) is 24.4. The van der Waals surface area contributed by atoms with E-state index in [1.807, 2.05) is 33.9 Å². The second-order valence-corrected chi connectivity index (χ2v) is 7.99. The Hall–Kier alpha value is -1.82. The van der Waals surface area contributed by atoms with Crippen molar-refractivity contribution in [3.05, 3.63) is 23.5 Å². The Morgan fingerprint density at radius 3 is 2.76 bits per heavy atom. The number of rotatable bonds is 2. The molecule has 0 aromatic carbocycles. The molecule has 6 heteroatoms. The van der Waals surface area contributed by atoms with Crippen molar-refractivity contribution < 1.29 is 14.3 Å². The Bertz CT molecular complexity index is 666. The average Bonchev–Trinajstić information content (AvgIpc) is 3.14. The summed E-state index contributed by atoms with van der Waals surface area (Å²) in [5.74, 6) is 0. The van der Waals surface area contributed by atoms with Crippen molar-refractivity contribution in [2.45, 2.75) is 65.1 Å². The highest BCUT2D eigenvalue weighted by molar-refractivity contribution is 5.73. The maximum absolute atomic E-state index is 12.4. The number of carbonyl (C=O) groups excluding carboxylic acids is 1. The molecule has 0 radical (unpaired) electrons. The van der Waals surface area contributed by atoms with Gasteiger partial charge in [-0.1, -0.05) is 6.08 Å². The van der Waals surface area contributed by atoms with Crippen LogP contribution in [0.15, 0.2) is 12.3 Å². The van der Waals surface area contributed by atoms with Gasteiger partial charge in [0.05, 0.1) is 30.6 Å². The van der Waals surface area contributed by atoms with Crippen LogP contribution in [0.4, 0.5) is 4.79 Å². The Morgan fingerprint density at radius 1 is 1.40 bits per heavy atom. The molecule has 25 heavy (non-hydrogen) atoms. The Labute approximate surface area is 149 Å². The van der Waals surface area contributed by atoms with Crippen LogP contribution in [0.3, 0.4) is 0 Å². The van der Waals surface area contributed by atoms with E-state index in [9.17, 15) is 4.79 Å². The predicted octanol–water partition coefficient (Wildman–Crippen LogP) is 3.57. The smallest absolute Gasteiger partial charge is 0.410 e. The molecule has 0 bridgehead atoms. The van der Waals surface area contributed by atoms with Gasteiger partial charge in [0.1, 0.15) is 5.60 Å². The van der Waals surface area contributed by atoms with E-state index < -0.39 is 5.60 Å². The van der Waals surface area contributed by atoms with Crippen LogP contribution < -0.4 is 0 Å². The molecule has 2 aliphatic rings. The zero-order chi connectivity index (χ0) is 18.2. The lowest BCUT2D eigenvalue weighted by atomic mass is 9.98. The van der Waals surface area contributed by atoms with E-state index >= 15 is 0 Å². The first-order chi connectivity index (χ1) is 11.8. The molecule has 1 aromatic heterocycles. The van der Waals surface area contributed by atoms with Crippen LogP contribution in [0.25, 0.3) is 5.57 Å². The third-order valence-corrected chi connectivity index (χ3v) is 4.72. The number of ether oxygens (including phenoxy) is 2. The summed E-state index contributed by atoms with van der Waals surface area (Å²) in [6.45, 7) is 12.0. The van der Waals surface area contributed by atoms with E-state index in [0.29, 0.717) is 12.6 Å². The van der Waals surface area contributed by atoms with Gasteiger partial charge < -0.3 is 14.4 Å². The van der Waals surface area contributed by atoms with Crippen molar-refractivity contribution in [2.24, 2.45) is 0 Å². The molecule has 0 spiro atoms. The van der Waals surface area contributed by atoms with Crippen LogP contribution >= 0.6 is 0 Å². The molecule has 0 saturated carbocycles. The minimum Gasteiger partial charge on any atom is -0.444 e. The fourth-order valence-electron chi connectivity index (χ4n) is 3.53. The Morgan fingerprint density at radius 2 is 2.16 bits per heavy atom. The first-order valence-corrected chi connectivity index (χ1v) is 9.09. The quantitative estimate of drug-likeness (QED) is 0.821. The molecule has 1 saturated heterocycles. The highest BCUT2D eigenvalue weighted by Crippen LogP contribution is 2.31. The SMILES string of the molecule is Cc1cnn([C@H]2CCOC2)c1C1=C[C@@H](C)N(C(=O)OC(C)(C)C)CC1. The predicted molar refractivity (Wildman–Crippen MR) is 96.4 cm³/mol. The van der Waals surface area contributed by atoms with E-state index in [2.05, 4.69) is 22.8 Å². The van der Waals surface area contributed by atoms with Crippen molar-refractivity contribution in [1.29, 1.82) is 0 Å². The highest BCUT2D eigenvalue weighted by atomic mass is 16.6. The molecule has 0 unspecified atom stereocenters. The Kier molecular flexibility index (Phi) is 4.91. The van der Waals surface area contributed by atoms with Gasteiger partial charge in [-0.05, 0) is 58.6 Å². The number of carbonyl (C=O) groups is 1. The van der Waals surface area contributed by atoms with Crippen molar-refractivity contribution >= 4 is 11.7 Å². The molecule has 1 aromatic rings. The number of hydrogen-bond donors (Lipinski definition) is 0. The van der Waals surface area contributed by atoms with E-state index in [4.69, 9.17) is 9.47 Å². The largest absolute Gasteiger partial charge is 0.444 e. The molecule has 1 amide bonds. The zero-order valence-corrected chi connectivity index (χ0v) is 15.9. The maximum Gasteiger partial charge on any atom is 0.410 e. The minimum atomic E-state index is -0.474. The summed E-state index contributed by atoms with van der Waals surface area (Å²) in [5, 5.41) is 4.59. The van der Waals surface area contributed by atoms with Crippen LogP contribution in [0, 0.1) is 6.92 Å². The third-order valence-electron chi connectivity index (χ3n) is 4.72. The molecule has 3 heterocycles. The fourth-order valence-corrected chi connectivity index (χ4v) is 3.53. The molecule has 6 nitrogen and oxygen atoms in total. The van der Waals surface area contributed by atoms with E-state index in [1.54, 1.807) is 4.90 Å². The van der Waals surface area contributed by atoms with Gasteiger partial charge in [0, 0.05) is 13.2 Å². The van der Waals surface area contributed by atoms with Crippen LogP contribution in [-0.2, 0) is 9.47 Å². The van der Waals surface area contributed by atoms with Gasteiger partial charge in [0.15, 0.2) is 0 Å². The molecule has 2 aliphatic heterocycles. The average molecular weight is 347 g/mol. The number of aromatic nitrogens is 2. The van der Waals surface area contributed by atoms with Gasteiger partial charge >= 0.3 is 6.09 Å². The first-order valence-electron chi connectivity index (χ1n) is 9.09. The van der Waals surface area contributed by atoms with Gasteiger partial charge in [-0.25, -0.2) is 4.79 Å². The summed E-state index contributed by atoms with van der Waals surface area (Å²) in [5.41, 5.74) is 3.15. The van der Waals surface area contributed by atoms with Gasteiger partial charge in [0.2, 0.25) is 0 Å². The lowest BCUT2D eigenvalue weighted by Crippen LogP contribution is -2.43. The van der Waals surface area contributed by atoms with Crippen molar-refractivity contribution in [1.82, 2.24) is 14.7 Å². The zero-order valence-electron chi connectivity index (χ0n) is 15.9. The van der Waals surface area contributed by atoms with Crippen LogP contribution in [-0.4, -0.2) is 52.2 Å². The van der Waals surface area contributed by atoms with Crippen LogP contribution in [0.1, 0.15) is 57.8 Å². The second kappa shape index (κ2) is 6.83. The molecular weight excluding hydrogens is 318 g/mol. The monoisotopic (exact) mass is 347 g/mol. The van der Waals surface area contributed by atoms with Crippen molar-refractivity contribution in [3.63, 3.8) is 0 Å². The summed E-state index contributed by atoms with van der Waals surface area (Å²) >= 11 is 0. The van der Waals surface area contributed by atoms with E-state index in [1.165, 1.54) is 16.8 Å². The van der Waals surface area contributed by atoms with Crippen molar-refractivity contribution in [3.8, 4) is 0 Å². The molecule has 0 aliphatic carbocycles. The van der Waals surface area contributed by atoms with E-state index in [0.717, 1.165) is 26.1 Å². The summed E-state index contributed by atoms with van der Waals surface area (Å²) in [7, 11) is 0. The van der Waals surface area contributed by atoms with Gasteiger partial charge in [0.25, 0.3) is 0 Å². The molecule has 1 fully saturated rings. The first kappa shape index (κ1) is 18.0. The van der Waals surface area contributed by atoms with E-state index in [-0.39, 0.29) is 12.1 Å². The molecular formula is C19H29N3O3. The molecule has 2 atom stereocenters. The minimum absolute atomic E-state index is 0.00109. The van der Waals surface area contributed by atoms with Crippen molar-refractivity contribution in [2.75, 3.05) is 19.8 Å². The highest BCUT2D eigenvalue weighted by Gasteiger charge is 2.30. The lowest BCUT2D eigenvalue weighted by Gasteiger charge is -2.34. The lowest BCUT2D eigenvalue weighted by molar-refractivity contribution is 0.0209. The van der Waals surface area contributed by atoms with Crippen LogP contribution in [0.2, 0.25) is 0 Å². The van der Waals surface area contributed by atoms with Gasteiger partial charge in [-0.15, -0.1) is 0 Å². The molecule has 0 N–H and O–H groups in total. The number of hydrogen-bond acceptors (Lipinski definition) is 4. The third kappa shape index (κ3) is 3.89. The summed E-state index contributed by atoms with van der Waals surface area (Å²) in [6, 6.07) is 0.310. The molecule has 138 valence electrons. The number of amides is 1. The second-order valence-electron chi connectivity index (χ2n) is 7.99. The molecule has 3 rings (SSSR count). The standard InChI is InChI=1S/C19H29N3O3/c1-13-11-20-22(16-7-9-24-12-16)17(13)15-6-8-21(14(2)10-15)18(23)25-19(3,4)5/h10-11,14,16H,6-9,12H2,1-5H3/t14-,16+/m1/s1. The van der Waals surface area contributed by atoms with Crippen LogP contribution in [0.5, 0.6) is 0 Å². The summed E-state index contributed by atoms with van der Waals surface area (Å²) in [4.78, 5) is 14.2. The number of aryl methyl sites for hydroxylation is 1. The Balaban J connectivity index is 1.80. The number of nitrogens with zero attached hydrogens (tertiary/aromatic N) is 3.